The Morgan fingerprint density at radius 2 is 1.12 bits per heavy atom. The van der Waals surface area contributed by atoms with Crippen LogP contribution in [0.3, 0.4) is 0 Å². The van der Waals surface area contributed by atoms with Crippen LogP contribution < -0.4 is 5.32 Å². The number of amides is 1. The largest absolute Gasteiger partial charge is 0.464 e. The molecule has 34 heavy (non-hydrogen) atoms. The molecule has 0 saturated carbocycles. The number of carbonyl (C=O) groups excluding carboxylic acids is 4. The Morgan fingerprint density at radius 1 is 0.647 bits per heavy atom. The molecule has 0 rings (SSSR count). The number of hydrogen-bond acceptors (Lipinski definition) is 7. The van der Waals surface area contributed by atoms with Crippen LogP contribution in [0.15, 0.2) is 0 Å². The fourth-order valence-corrected chi connectivity index (χ4v) is 3.99. The Kier molecular flexibility index (Phi) is 19.0. The van der Waals surface area contributed by atoms with Gasteiger partial charge in [-0.05, 0) is 12.8 Å². The lowest BCUT2D eigenvalue weighted by molar-refractivity contribution is -0.171. The Hall–Kier alpha value is -2.12. The van der Waals surface area contributed by atoms with Gasteiger partial charge in [0.15, 0.2) is 6.10 Å². The van der Waals surface area contributed by atoms with Crippen molar-refractivity contribution in [2.45, 2.75) is 136 Å². The lowest BCUT2D eigenvalue weighted by Gasteiger charge is -2.32. The zero-order chi connectivity index (χ0) is 25.8. The summed E-state index contributed by atoms with van der Waals surface area (Å²) in [4.78, 5) is 46.5. The van der Waals surface area contributed by atoms with E-state index < -0.39 is 36.2 Å². The summed E-state index contributed by atoms with van der Waals surface area (Å²) in [5, 5.41) is 2.66. The molecular weight excluding hydrogens is 438 g/mol. The van der Waals surface area contributed by atoms with Gasteiger partial charge in [-0.15, -0.1) is 0 Å². The number of rotatable bonds is 20. The highest BCUT2D eigenvalue weighted by molar-refractivity contribution is 5.73. The summed E-state index contributed by atoms with van der Waals surface area (Å²) in [6, 6.07) is -0.827. The Bertz CT molecular complexity index is 594. The highest BCUT2D eigenvalue weighted by Gasteiger charge is 2.35. The van der Waals surface area contributed by atoms with Crippen molar-refractivity contribution in [1.29, 1.82) is 0 Å². The van der Waals surface area contributed by atoms with E-state index in [9.17, 15) is 19.2 Å². The monoisotopic (exact) mass is 485 g/mol. The second-order valence-corrected chi connectivity index (χ2v) is 9.01. The van der Waals surface area contributed by atoms with Crippen LogP contribution in [0, 0.1) is 0 Å². The van der Waals surface area contributed by atoms with Crippen molar-refractivity contribution in [3.8, 4) is 0 Å². The average Bonchev–Trinajstić information content (AvgIpc) is 2.74. The lowest BCUT2D eigenvalue weighted by atomic mass is 9.98. The molecule has 0 unspecified atom stereocenters. The fourth-order valence-electron chi connectivity index (χ4n) is 3.99. The molecule has 0 aromatic heterocycles. The van der Waals surface area contributed by atoms with E-state index in [0.29, 0.717) is 6.42 Å². The van der Waals surface area contributed by atoms with E-state index >= 15 is 0 Å². The van der Waals surface area contributed by atoms with Gasteiger partial charge in [0.2, 0.25) is 5.91 Å². The Morgan fingerprint density at radius 3 is 1.53 bits per heavy atom. The minimum absolute atomic E-state index is 0.191. The number of unbranched alkanes of at least 4 members (excludes halogenated alkanes) is 11. The van der Waals surface area contributed by atoms with Crippen LogP contribution in [0.4, 0.5) is 0 Å². The van der Waals surface area contributed by atoms with Gasteiger partial charge in [0.05, 0.1) is 0 Å². The van der Waals surface area contributed by atoms with Gasteiger partial charge in [0.1, 0.15) is 18.8 Å². The highest BCUT2D eigenvalue weighted by atomic mass is 16.6. The number of hydrogen-bond donors (Lipinski definition) is 1. The van der Waals surface area contributed by atoms with Crippen LogP contribution in [0.1, 0.15) is 118 Å². The van der Waals surface area contributed by atoms with E-state index in [4.69, 9.17) is 14.2 Å². The van der Waals surface area contributed by atoms with Crippen molar-refractivity contribution >= 4 is 23.8 Å². The maximum absolute atomic E-state index is 11.8. The molecule has 0 aromatic carbocycles. The molecule has 0 radical (unpaired) electrons. The molecule has 0 fully saturated rings. The van der Waals surface area contributed by atoms with E-state index in [2.05, 4.69) is 12.2 Å². The normalized spacial score (nSPS) is 13.4. The molecule has 0 saturated heterocycles. The van der Waals surface area contributed by atoms with Crippen molar-refractivity contribution < 1.29 is 33.4 Å². The van der Waals surface area contributed by atoms with Gasteiger partial charge in [-0.3, -0.25) is 19.2 Å². The van der Waals surface area contributed by atoms with Gasteiger partial charge in [-0.1, -0.05) is 77.6 Å². The Labute approximate surface area is 205 Å². The van der Waals surface area contributed by atoms with Gasteiger partial charge >= 0.3 is 17.9 Å². The van der Waals surface area contributed by atoms with E-state index in [1.807, 2.05) is 0 Å². The van der Waals surface area contributed by atoms with Crippen LogP contribution >= 0.6 is 0 Å². The summed E-state index contributed by atoms with van der Waals surface area (Å²) in [5.74, 6) is -1.98. The summed E-state index contributed by atoms with van der Waals surface area (Å²) in [5.41, 5.74) is 0. The zero-order valence-corrected chi connectivity index (χ0v) is 22.0. The average molecular weight is 486 g/mol. The molecule has 8 heteroatoms. The second kappa shape index (κ2) is 20.3. The third-order valence-electron chi connectivity index (χ3n) is 5.58. The van der Waals surface area contributed by atoms with Crippen LogP contribution in [0.25, 0.3) is 0 Å². The first kappa shape index (κ1) is 31.9. The van der Waals surface area contributed by atoms with Crippen molar-refractivity contribution in [3.05, 3.63) is 0 Å². The molecule has 0 bridgehead atoms. The van der Waals surface area contributed by atoms with Crippen molar-refractivity contribution in [1.82, 2.24) is 5.32 Å². The van der Waals surface area contributed by atoms with Gasteiger partial charge in [0.25, 0.3) is 0 Å². The predicted octanol–water partition coefficient (Wildman–Crippen LogP) is 5.01. The molecule has 198 valence electrons. The van der Waals surface area contributed by atoms with Gasteiger partial charge < -0.3 is 19.5 Å². The molecule has 0 aliphatic rings. The predicted molar refractivity (Wildman–Crippen MR) is 131 cm³/mol. The number of nitrogens with one attached hydrogen (secondary N) is 1. The van der Waals surface area contributed by atoms with Crippen LogP contribution in [-0.2, 0) is 33.4 Å². The van der Waals surface area contributed by atoms with Crippen LogP contribution in [0.5, 0.6) is 0 Å². The highest BCUT2D eigenvalue weighted by Crippen LogP contribution is 2.19. The zero-order valence-electron chi connectivity index (χ0n) is 22.0. The van der Waals surface area contributed by atoms with Crippen molar-refractivity contribution in [3.63, 3.8) is 0 Å². The van der Waals surface area contributed by atoms with E-state index in [0.717, 1.165) is 19.3 Å². The van der Waals surface area contributed by atoms with E-state index in [-0.39, 0.29) is 12.5 Å². The third-order valence-corrected chi connectivity index (χ3v) is 5.58. The van der Waals surface area contributed by atoms with Crippen LogP contribution in [0.2, 0.25) is 0 Å². The van der Waals surface area contributed by atoms with Crippen LogP contribution in [-0.4, -0.2) is 48.7 Å². The smallest absolute Gasteiger partial charge is 0.303 e. The van der Waals surface area contributed by atoms with Gasteiger partial charge in [0, 0.05) is 27.7 Å². The van der Waals surface area contributed by atoms with E-state index in [1.165, 1.54) is 85.5 Å². The topological polar surface area (TPSA) is 108 Å². The second-order valence-electron chi connectivity index (χ2n) is 9.01. The standard InChI is InChI=1S/C26H47NO7/c1-6-7-8-9-10-11-12-13-14-15-16-17-18-25(33-22(4)30)26(34-23(5)31)24(27-20(2)28)19-32-21(3)29/h24-26H,6-19H2,1-5H3,(H,27,28)/t24-,25+,26-/m0/s1. The lowest BCUT2D eigenvalue weighted by Crippen LogP contribution is -2.53. The SMILES string of the molecule is CCCCCCCCCCCCCC[C@@H](OC(C)=O)[C@@H](OC(C)=O)[C@H](COC(C)=O)NC(C)=O. The van der Waals surface area contributed by atoms with Crippen molar-refractivity contribution in [2.24, 2.45) is 0 Å². The maximum Gasteiger partial charge on any atom is 0.303 e. The van der Waals surface area contributed by atoms with Crippen molar-refractivity contribution in [2.75, 3.05) is 6.61 Å². The minimum atomic E-state index is -0.961. The molecular formula is C26H47NO7. The number of esters is 3. The van der Waals surface area contributed by atoms with Gasteiger partial charge in [-0.2, -0.15) is 0 Å². The molecule has 1 N–H and O–H groups in total. The van der Waals surface area contributed by atoms with E-state index in [1.54, 1.807) is 0 Å². The first-order valence-corrected chi connectivity index (χ1v) is 12.9. The first-order valence-electron chi connectivity index (χ1n) is 12.9. The molecule has 0 aliphatic heterocycles. The summed E-state index contributed by atoms with van der Waals surface area (Å²) in [6.45, 7) is 7.15. The maximum atomic E-state index is 11.8. The van der Waals surface area contributed by atoms with Gasteiger partial charge in [-0.25, -0.2) is 0 Å². The Balaban J connectivity index is 4.72. The molecule has 0 spiro atoms. The minimum Gasteiger partial charge on any atom is -0.464 e. The molecule has 3 atom stereocenters. The third kappa shape index (κ3) is 18.3. The summed E-state index contributed by atoms with van der Waals surface area (Å²) in [6.07, 6.45) is 13.2. The first-order chi connectivity index (χ1) is 16.2. The summed E-state index contributed by atoms with van der Waals surface area (Å²) >= 11 is 0. The molecule has 1 amide bonds. The molecule has 8 nitrogen and oxygen atoms in total. The fraction of sp³-hybridized carbons (Fsp3) is 0.846. The quantitative estimate of drug-likeness (QED) is 0.147. The molecule has 0 aromatic rings. The molecule has 0 heterocycles. The summed E-state index contributed by atoms with van der Waals surface area (Å²) < 4.78 is 16.0. The summed E-state index contributed by atoms with van der Waals surface area (Å²) in [7, 11) is 0. The molecule has 0 aliphatic carbocycles. The number of carbonyl (C=O) groups is 4. The number of ether oxygens (including phenoxy) is 3.